The number of nitrogens with zero attached hydrogens (tertiary/aromatic N) is 1. The summed E-state index contributed by atoms with van der Waals surface area (Å²) in [6, 6.07) is 3.48. The molecule has 0 fully saturated rings. The van der Waals surface area contributed by atoms with Crippen LogP contribution in [0.5, 0.6) is 0 Å². The van der Waals surface area contributed by atoms with Crippen LogP contribution < -0.4 is 5.32 Å². The van der Waals surface area contributed by atoms with Crippen molar-refractivity contribution in [3.8, 4) is 0 Å². The smallest absolute Gasteiger partial charge is 0.322 e. The number of carbonyl (C=O) groups is 2. The molecule has 0 aromatic carbocycles. The van der Waals surface area contributed by atoms with Crippen LogP contribution in [0.15, 0.2) is 24.5 Å². The molecule has 1 heterocycles. The second-order valence-electron chi connectivity index (χ2n) is 2.71. The number of nitrogens with one attached hydrogen (secondary N) is 1. The van der Waals surface area contributed by atoms with E-state index in [1.165, 1.54) is 0 Å². The van der Waals surface area contributed by atoms with Gasteiger partial charge in [0, 0.05) is 12.4 Å². The van der Waals surface area contributed by atoms with E-state index >= 15 is 0 Å². The van der Waals surface area contributed by atoms with Crippen LogP contribution in [0.25, 0.3) is 0 Å². The maximum atomic E-state index is 11.1. The Bertz CT molecular complexity index is 324. The van der Waals surface area contributed by atoms with Crippen LogP contribution in [-0.4, -0.2) is 28.5 Å². The standard InChI is InChI=1S/C9H10N2O3/c12-8(11-6-9(13)14)4-7-2-1-3-10-5-7/h1-3,5H,4,6H2,(H,11,12)(H,13,14). The fourth-order valence-corrected chi connectivity index (χ4v) is 0.925. The number of carboxylic acids is 1. The summed E-state index contributed by atoms with van der Waals surface area (Å²) in [6.07, 6.45) is 3.33. The van der Waals surface area contributed by atoms with E-state index in [1.54, 1.807) is 24.5 Å². The summed E-state index contributed by atoms with van der Waals surface area (Å²) in [4.78, 5) is 25.1. The van der Waals surface area contributed by atoms with Crippen LogP contribution in [0.3, 0.4) is 0 Å². The highest BCUT2D eigenvalue weighted by Gasteiger charge is 2.04. The summed E-state index contributed by atoms with van der Waals surface area (Å²) in [7, 11) is 0. The molecule has 0 aliphatic heterocycles. The first-order chi connectivity index (χ1) is 6.68. The summed E-state index contributed by atoms with van der Waals surface area (Å²) < 4.78 is 0. The van der Waals surface area contributed by atoms with E-state index < -0.39 is 5.97 Å². The van der Waals surface area contributed by atoms with Gasteiger partial charge in [-0.25, -0.2) is 0 Å². The summed E-state index contributed by atoms with van der Waals surface area (Å²) in [5.74, 6) is -1.37. The van der Waals surface area contributed by atoms with Gasteiger partial charge >= 0.3 is 5.97 Å². The van der Waals surface area contributed by atoms with Crippen molar-refractivity contribution < 1.29 is 14.7 Å². The monoisotopic (exact) mass is 194 g/mol. The van der Waals surface area contributed by atoms with Gasteiger partial charge in [-0.2, -0.15) is 0 Å². The van der Waals surface area contributed by atoms with Gasteiger partial charge in [0.15, 0.2) is 0 Å². The predicted octanol–water partition coefficient (Wildman–Crippen LogP) is -0.175. The lowest BCUT2D eigenvalue weighted by Crippen LogP contribution is -2.30. The van der Waals surface area contributed by atoms with E-state index in [4.69, 9.17) is 5.11 Å². The van der Waals surface area contributed by atoms with Crippen molar-refractivity contribution in [3.05, 3.63) is 30.1 Å². The zero-order valence-electron chi connectivity index (χ0n) is 7.43. The number of pyridine rings is 1. The molecule has 1 aromatic heterocycles. The largest absolute Gasteiger partial charge is 0.480 e. The molecule has 5 heteroatoms. The molecule has 0 spiro atoms. The quantitative estimate of drug-likeness (QED) is 0.697. The number of carboxylic acid groups (broad SMARTS) is 1. The summed E-state index contributed by atoms with van der Waals surface area (Å²) >= 11 is 0. The average molecular weight is 194 g/mol. The van der Waals surface area contributed by atoms with Crippen molar-refractivity contribution in [2.75, 3.05) is 6.54 Å². The Kier molecular flexibility index (Phi) is 3.60. The average Bonchev–Trinajstić information content (AvgIpc) is 2.16. The number of aliphatic carboxylic acids is 1. The highest BCUT2D eigenvalue weighted by Crippen LogP contribution is 1.96. The first kappa shape index (κ1) is 10.2. The van der Waals surface area contributed by atoms with Crippen LogP contribution in [0.4, 0.5) is 0 Å². The molecule has 0 atom stereocenters. The molecule has 14 heavy (non-hydrogen) atoms. The number of hydrogen-bond donors (Lipinski definition) is 2. The van der Waals surface area contributed by atoms with E-state index in [0.29, 0.717) is 0 Å². The Hall–Kier alpha value is -1.91. The molecule has 2 N–H and O–H groups in total. The maximum Gasteiger partial charge on any atom is 0.322 e. The van der Waals surface area contributed by atoms with Crippen molar-refractivity contribution in [2.45, 2.75) is 6.42 Å². The third-order valence-electron chi connectivity index (χ3n) is 1.52. The summed E-state index contributed by atoms with van der Waals surface area (Å²) in [5, 5.41) is 10.6. The fourth-order valence-electron chi connectivity index (χ4n) is 0.925. The van der Waals surface area contributed by atoms with Gasteiger partial charge in [-0.1, -0.05) is 6.07 Å². The van der Waals surface area contributed by atoms with E-state index in [2.05, 4.69) is 10.3 Å². The van der Waals surface area contributed by atoms with Crippen LogP contribution >= 0.6 is 0 Å². The molecule has 1 amide bonds. The lowest BCUT2D eigenvalue weighted by molar-refractivity contribution is -0.137. The zero-order chi connectivity index (χ0) is 10.4. The van der Waals surface area contributed by atoms with Gasteiger partial charge in [-0.05, 0) is 11.6 Å². The van der Waals surface area contributed by atoms with Crippen molar-refractivity contribution >= 4 is 11.9 Å². The Morgan fingerprint density at radius 2 is 2.29 bits per heavy atom. The Morgan fingerprint density at radius 1 is 1.50 bits per heavy atom. The minimum atomic E-state index is -1.05. The van der Waals surface area contributed by atoms with Crippen LogP contribution in [-0.2, 0) is 16.0 Å². The second-order valence-corrected chi connectivity index (χ2v) is 2.71. The van der Waals surface area contributed by atoms with Gasteiger partial charge in [-0.15, -0.1) is 0 Å². The topological polar surface area (TPSA) is 79.3 Å². The number of aromatic nitrogens is 1. The number of rotatable bonds is 4. The number of carbonyl (C=O) groups excluding carboxylic acids is 1. The van der Waals surface area contributed by atoms with E-state index in [9.17, 15) is 9.59 Å². The van der Waals surface area contributed by atoms with E-state index in [1.807, 2.05) is 0 Å². The molecule has 1 aromatic rings. The molecule has 0 saturated heterocycles. The fraction of sp³-hybridized carbons (Fsp3) is 0.222. The van der Waals surface area contributed by atoms with Gasteiger partial charge in [0.05, 0.1) is 6.42 Å². The van der Waals surface area contributed by atoms with Gasteiger partial charge < -0.3 is 10.4 Å². The van der Waals surface area contributed by atoms with E-state index in [-0.39, 0.29) is 18.9 Å². The molecule has 0 radical (unpaired) electrons. The van der Waals surface area contributed by atoms with E-state index in [0.717, 1.165) is 5.56 Å². The lowest BCUT2D eigenvalue weighted by atomic mass is 10.2. The SMILES string of the molecule is O=C(O)CNC(=O)Cc1cccnc1. The normalized spacial score (nSPS) is 9.43. The Balaban J connectivity index is 2.38. The summed E-state index contributed by atoms with van der Waals surface area (Å²) in [6.45, 7) is -0.348. The van der Waals surface area contributed by atoms with Gasteiger partial charge in [0.25, 0.3) is 0 Å². The van der Waals surface area contributed by atoms with Gasteiger partial charge in [0.2, 0.25) is 5.91 Å². The van der Waals surface area contributed by atoms with Crippen LogP contribution in [0, 0.1) is 0 Å². The lowest BCUT2D eigenvalue weighted by Gasteiger charge is -2.01. The number of hydrogen-bond acceptors (Lipinski definition) is 3. The molecular formula is C9H10N2O3. The molecule has 0 unspecified atom stereocenters. The molecular weight excluding hydrogens is 184 g/mol. The molecule has 0 aliphatic rings. The minimum Gasteiger partial charge on any atom is -0.480 e. The zero-order valence-corrected chi connectivity index (χ0v) is 7.43. The highest BCUT2D eigenvalue weighted by atomic mass is 16.4. The highest BCUT2D eigenvalue weighted by molar-refractivity contribution is 5.82. The first-order valence-corrected chi connectivity index (χ1v) is 4.06. The third-order valence-corrected chi connectivity index (χ3v) is 1.52. The summed E-state index contributed by atoms with van der Waals surface area (Å²) in [5.41, 5.74) is 0.760. The second kappa shape index (κ2) is 4.96. The van der Waals surface area contributed by atoms with Crippen LogP contribution in [0.1, 0.15) is 5.56 Å². The predicted molar refractivity (Wildman–Crippen MR) is 48.6 cm³/mol. The van der Waals surface area contributed by atoms with Gasteiger partial charge in [-0.3, -0.25) is 14.6 Å². The van der Waals surface area contributed by atoms with Gasteiger partial charge in [0.1, 0.15) is 6.54 Å². The van der Waals surface area contributed by atoms with Crippen molar-refractivity contribution in [1.29, 1.82) is 0 Å². The molecule has 74 valence electrons. The molecule has 5 nitrogen and oxygen atoms in total. The minimum absolute atomic E-state index is 0.154. The number of amides is 1. The van der Waals surface area contributed by atoms with Crippen LogP contribution in [0.2, 0.25) is 0 Å². The van der Waals surface area contributed by atoms with Crippen molar-refractivity contribution in [2.24, 2.45) is 0 Å². The Morgan fingerprint density at radius 3 is 2.86 bits per heavy atom. The van der Waals surface area contributed by atoms with Crippen molar-refractivity contribution in [1.82, 2.24) is 10.3 Å². The Labute approximate surface area is 80.8 Å². The third kappa shape index (κ3) is 3.66. The maximum absolute atomic E-state index is 11.1. The first-order valence-electron chi connectivity index (χ1n) is 4.06. The molecule has 1 rings (SSSR count). The molecule has 0 bridgehead atoms. The van der Waals surface area contributed by atoms with Crippen molar-refractivity contribution in [3.63, 3.8) is 0 Å². The molecule has 0 aliphatic carbocycles. The molecule has 0 saturated carbocycles.